The van der Waals surface area contributed by atoms with E-state index in [0.29, 0.717) is 29.0 Å². The van der Waals surface area contributed by atoms with Gasteiger partial charge in [-0.15, -0.1) is 0 Å². The van der Waals surface area contributed by atoms with Crippen molar-refractivity contribution < 1.29 is 17.9 Å². The molecule has 0 unspecified atom stereocenters. The first kappa shape index (κ1) is 21.8. The fraction of sp³-hybridized carbons (Fsp3) is 0.478. The molecule has 2 heterocycles. The zero-order valence-corrected chi connectivity index (χ0v) is 18.8. The minimum Gasteiger partial charge on any atom is -0.385 e. The van der Waals surface area contributed by atoms with E-state index >= 15 is 0 Å². The van der Waals surface area contributed by atoms with Gasteiger partial charge in [0.2, 0.25) is 0 Å². The van der Waals surface area contributed by atoms with E-state index in [-0.39, 0.29) is 30.2 Å². The van der Waals surface area contributed by atoms with Crippen LogP contribution < -0.4 is 0 Å². The molecule has 0 aromatic heterocycles. The molecule has 2 aromatic rings. The first-order valence-corrected chi connectivity index (χ1v) is 13.1. The average molecular weight is 450 g/mol. The summed E-state index contributed by atoms with van der Waals surface area (Å²) < 4.78 is 40.6. The Hall–Kier alpha value is -1.41. The third-order valence-electron chi connectivity index (χ3n) is 6.34. The highest BCUT2D eigenvalue weighted by atomic mass is 32.2. The normalized spacial score (nSPS) is 26.4. The van der Waals surface area contributed by atoms with Gasteiger partial charge in [0.1, 0.15) is 5.82 Å². The molecule has 0 aliphatic carbocycles. The molecule has 4 rings (SSSR count). The van der Waals surface area contributed by atoms with Gasteiger partial charge in [0.25, 0.3) is 0 Å². The molecule has 2 aromatic carbocycles. The van der Waals surface area contributed by atoms with Gasteiger partial charge in [-0.05, 0) is 49.8 Å². The van der Waals surface area contributed by atoms with Crippen LogP contribution in [0.25, 0.3) is 0 Å². The van der Waals surface area contributed by atoms with Crippen molar-refractivity contribution in [3.8, 4) is 0 Å². The number of benzene rings is 2. The van der Waals surface area contributed by atoms with E-state index in [9.17, 15) is 17.9 Å². The fourth-order valence-electron chi connectivity index (χ4n) is 4.24. The summed E-state index contributed by atoms with van der Waals surface area (Å²) in [6, 6.07) is 15.6. The van der Waals surface area contributed by atoms with Crippen molar-refractivity contribution in [3.63, 3.8) is 0 Å². The third-order valence-corrected chi connectivity index (χ3v) is 9.52. The minimum absolute atomic E-state index is 0.0598. The highest BCUT2D eigenvalue weighted by molar-refractivity contribution is 7.97. The van der Waals surface area contributed by atoms with Gasteiger partial charge in [0.05, 0.1) is 17.1 Å². The van der Waals surface area contributed by atoms with Crippen LogP contribution in [0.4, 0.5) is 4.39 Å². The summed E-state index contributed by atoms with van der Waals surface area (Å²) in [7, 11) is -3.10. The zero-order valence-electron chi connectivity index (χ0n) is 17.1. The lowest BCUT2D eigenvalue weighted by Crippen LogP contribution is -2.37. The van der Waals surface area contributed by atoms with Crippen molar-refractivity contribution in [1.82, 2.24) is 4.31 Å². The van der Waals surface area contributed by atoms with Crippen molar-refractivity contribution in [1.29, 1.82) is 0 Å². The van der Waals surface area contributed by atoms with Gasteiger partial charge in [-0.2, -0.15) is 0 Å². The van der Waals surface area contributed by atoms with Gasteiger partial charge >= 0.3 is 0 Å². The molecule has 7 heteroatoms. The van der Waals surface area contributed by atoms with Gasteiger partial charge < -0.3 is 5.11 Å². The monoisotopic (exact) mass is 449 g/mol. The van der Waals surface area contributed by atoms with Crippen LogP contribution in [0.2, 0.25) is 0 Å². The summed E-state index contributed by atoms with van der Waals surface area (Å²) in [5.74, 6) is -0.463. The predicted octanol–water partition coefficient (Wildman–Crippen LogP) is 4.60. The Kier molecular flexibility index (Phi) is 6.26. The van der Waals surface area contributed by atoms with Crippen LogP contribution in [0.5, 0.6) is 0 Å². The van der Waals surface area contributed by atoms with Crippen molar-refractivity contribution in [3.05, 3.63) is 71.0 Å². The second-order valence-corrected chi connectivity index (χ2v) is 12.0. The first-order chi connectivity index (χ1) is 14.3. The Labute approximate surface area is 182 Å². The van der Waals surface area contributed by atoms with Crippen LogP contribution in [-0.4, -0.2) is 35.4 Å². The largest absolute Gasteiger partial charge is 0.385 e. The number of hydrogen-bond acceptors (Lipinski definition) is 5. The second-order valence-electron chi connectivity index (χ2n) is 8.50. The standard InChI is InChI=1S/C23H28FNO3S2/c1-17-7-10-22(18-5-3-2-4-6-18)29-25(17)16-19-8-9-20(15-21(19)24)23(26)11-13-30(27,28)14-12-23/h2-6,8-9,15,17,22,26H,7,10-14,16H2,1H3/t17-,22-/m0/s1. The van der Waals surface area contributed by atoms with E-state index in [1.807, 2.05) is 6.07 Å². The Morgan fingerprint density at radius 1 is 1.13 bits per heavy atom. The quantitative estimate of drug-likeness (QED) is 0.692. The van der Waals surface area contributed by atoms with Crippen molar-refractivity contribution >= 4 is 21.8 Å². The Morgan fingerprint density at radius 3 is 2.50 bits per heavy atom. The minimum atomic E-state index is -3.10. The Morgan fingerprint density at radius 2 is 1.83 bits per heavy atom. The lowest BCUT2D eigenvalue weighted by atomic mass is 9.87. The van der Waals surface area contributed by atoms with E-state index in [1.165, 1.54) is 11.6 Å². The molecule has 4 nitrogen and oxygen atoms in total. The topological polar surface area (TPSA) is 57.6 Å². The molecule has 2 aliphatic heterocycles. The lowest BCUT2D eigenvalue weighted by molar-refractivity contribution is 0.0260. The van der Waals surface area contributed by atoms with Crippen LogP contribution in [0.1, 0.15) is 54.5 Å². The Balaban J connectivity index is 1.48. The molecular formula is C23H28FNO3S2. The highest BCUT2D eigenvalue weighted by Gasteiger charge is 2.37. The molecule has 0 spiro atoms. The Bertz CT molecular complexity index is 983. The molecule has 30 heavy (non-hydrogen) atoms. The molecule has 1 N–H and O–H groups in total. The van der Waals surface area contributed by atoms with Crippen LogP contribution in [-0.2, 0) is 22.0 Å². The number of aliphatic hydroxyl groups is 1. The van der Waals surface area contributed by atoms with Gasteiger partial charge in [-0.3, -0.25) is 0 Å². The predicted molar refractivity (Wildman–Crippen MR) is 119 cm³/mol. The fourth-order valence-corrected chi connectivity index (χ4v) is 7.12. The van der Waals surface area contributed by atoms with Crippen molar-refractivity contribution in [2.24, 2.45) is 0 Å². The number of nitrogens with zero attached hydrogens (tertiary/aromatic N) is 1. The molecule has 0 radical (unpaired) electrons. The lowest BCUT2D eigenvalue weighted by Gasteiger charge is -2.37. The van der Waals surface area contributed by atoms with Crippen molar-refractivity contribution in [2.45, 2.75) is 56.0 Å². The summed E-state index contributed by atoms with van der Waals surface area (Å²) in [6.07, 6.45) is 2.39. The number of rotatable bonds is 4. The number of sulfone groups is 1. The van der Waals surface area contributed by atoms with Gasteiger partial charge in [0.15, 0.2) is 9.84 Å². The van der Waals surface area contributed by atoms with Gasteiger partial charge in [0, 0.05) is 23.4 Å². The zero-order chi connectivity index (χ0) is 21.4. The summed E-state index contributed by atoms with van der Waals surface area (Å²) in [5.41, 5.74) is 1.10. The van der Waals surface area contributed by atoms with Crippen LogP contribution in [0.3, 0.4) is 0 Å². The summed E-state index contributed by atoms with van der Waals surface area (Å²) in [4.78, 5) is 0. The molecule has 2 aliphatic rings. The van der Waals surface area contributed by atoms with E-state index in [1.54, 1.807) is 24.1 Å². The van der Waals surface area contributed by atoms with E-state index in [2.05, 4.69) is 35.5 Å². The smallest absolute Gasteiger partial charge is 0.150 e. The molecule has 0 saturated carbocycles. The molecule has 2 saturated heterocycles. The van der Waals surface area contributed by atoms with E-state index < -0.39 is 15.4 Å². The van der Waals surface area contributed by atoms with E-state index in [4.69, 9.17) is 0 Å². The van der Waals surface area contributed by atoms with Crippen molar-refractivity contribution in [2.75, 3.05) is 11.5 Å². The average Bonchev–Trinajstić information content (AvgIpc) is 2.74. The first-order valence-electron chi connectivity index (χ1n) is 10.5. The summed E-state index contributed by atoms with van der Waals surface area (Å²) in [6.45, 7) is 2.67. The molecular weight excluding hydrogens is 421 g/mol. The van der Waals surface area contributed by atoms with Crippen LogP contribution >= 0.6 is 11.9 Å². The maximum atomic E-state index is 15.0. The molecule has 0 bridgehead atoms. The van der Waals surface area contributed by atoms with Gasteiger partial charge in [-0.25, -0.2) is 17.1 Å². The number of halogens is 1. The van der Waals surface area contributed by atoms with Crippen LogP contribution in [0, 0.1) is 5.82 Å². The molecule has 2 atom stereocenters. The number of hydrogen-bond donors (Lipinski definition) is 1. The third kappa shape index (κ3) is 4.74. The molecule has 0 amide bonds. The summed E-state index contributed by atoms with van der Waals surface area (Å²) >= 11 is 1.78. The SMILES string of the molecule is C[C@H]1CC[C@@H](c2ccccc2)SN1Cc1ccc(C2(O)CCS(=O)(=O)CC2)cc1F. The maximum Gasteiger partial charge on any atom is 0.150 e. The maximum absolute atomic E-state index is 15.0. The molecule has 162 valence electrons. The molecule has 2 fully saturated rings. The van der Waals surface area contributed by atoms with E-state index in [0.717, 1.165) is 12.8 Å². The van der Waals surface area contributed by atoms with Crippen LogP contribution in [0.15, 0.2) is 48.5 Å². The van der Waals surface area contributed by atoms with Gasteiger partial charge in [-0.1, -0.05) is 54.4 Å². The summed E-state index contributed by atoms with van der Waals surface area (Å²) in [5, 5.41) is 11.2. The highest BCUT2D eigenvalue weighted by Crippen LogP contribution is 2.43. The second kappa shape index (κ2) is 8.61.